The van der Waals surface area contributed by atoms with Gasteiger partial charge in [0.1, 0.15) is 11.6 Å². The first-order valence-electron chi connectivity index (χ1n) is 13.2. The van der Waals surface area contributed by atoms with Crippen molar-refractivity contribution in [3.05, 3.63) is 77.2 Å². The van der Waals surface area contributed by atoms with E-state index in [9.17, 15) is 14.0 Å². The molecule has 2 aliphatic heterocycles. The third-order valence-corrected chi connectivity index (χ3v) is 8.12. The fourth-order valence-electron chi connectivity index (χ4n) is 4.93. The van der Waals surface area contributed by atoms with Crippen molar-refractivity contribution < 1.29 is 14.0 Å². The van der Waals surface area contributed by atoms with Crippen LogP contribution < -0.4 is 9.80 Å². The molecule has 0 aliphatic carbocycles. The molecule has 0 saturated carbocycles. The second kappa shape index (κ2) is 12.0. The molecule has 0 atom stereocenters. The SMILES string of the molecule is CC(=O)N1CCN(C(=O)c2ccc(CSc3nc(C)cc(N4CCN(c5ccccc5F)CC4)n3)cc2)CC1. The first kappa shape index (κ1) is 26.9. The number of amides is 2. The van der Waals surface area contributed by atoms with E-state index >= 15 is 0 Å². The van der Waals surface area contributed by atoms with Crippen LogP contribution in [0.5, 0.6) is 0 Å². The van der Waals surface area contributed by atoms with Crippen LogP contribution in [0.4, 0.5) is 15.9 Å². The molecule has 0 spiro atoms. The summed E-state index contributed by atoms with van der Waals surface area (Å²) in [5.41, 5.74) is 3.30. The number of halogens is 1. The third-order valence-electron chi connectivity index (χ3n) is 7.20. The summed E-state index contributed by atoms with van der Waals surface area (Å²) < 4.78 is 14.2. The second-order valence-electron chi connectivity index (χ2n) is 9.86. The Bertz CT molecular complexity index is 1320. The van der Waals surface area contributed by atoms with Gasteiger partial charge in [0, 0.05) is 82.4 Å². The lowest BCUT2D eigenvalue weighted by molar-refractivity contribution is -0.130. The summed E-state index contributed by atoms with van der Waals surface area (Å²) in [6.45, 7) is 8.78. The van der Waals surface area contributed by atoms with E-state index in [0.717, 1.165) is 43.3 Å². The van der Waals surface area contributed by atoms with Crippen molar-refractivity contribution in [1.29, 1.82) is 0 Å². The maximum absolute atomic E-state index is 14.2. The number of carbonyl (C=O) groups is 2. The Balaban J connectivity index is 1.16. The maximum Gasteiger partial charge on any atom is 0.253 e. The number of piperazine rings is 2. The number of hydrogen-bond donors (Lipinski definition) is 0. The van der Waals surface area contributed by atoms with Crippen molar-refractivity contribution in [3.8, 4) is 0 Å². The third kappa shape index (κ3) is 6.50. The van der Waals surface area contributed by atoms with Crippen LogP contribution in [-0.2, 0) is 10.5 Å². The van der Waals surface area contributed by atoms with Crippen LogP contribution in [0.25, 0.3) is 0 Å². The standard InChI is InChI=1S/C29H33FN6O2S/c1-21-19-27(35-15-13-34(14-16-35)26-6-4-3-5-25(26)30)32-29(31-21)39-20-23-7-9-24(10-8-23)28(38)36-17-11-33(12-18-36)22(2)37/h3-10,19H,11-18,20H2,1-2H3. The molecule has 39 heavy (non-hydrogen) atoms. The number of benzene rings is 2. The van der Waals surface area contributed by atoms with Gasteiger partial charge in [0.2, 0.25) is 5.91 Å². The highest BCUT2D eigenvalue weighted by Crippen LogP contribution is 2.26. The molecule has 10 heteroatoms. The van der Waals surface area contributed by atoms with Gasteiger partial charge in [-0.1, -0.05) is 36.0 Å². The van der Waals surface area contributed by atoms with Gasteiger partial charge in [0.25, 0.3) is 5.91 Å². The van der Waals surface area contributed by atoms with Crippen molar-refractivity contribution in [2.45, 2.75) is 24.8 Å². The predicted octanol–water partition coefficient (Wildman–Crippen LogP) is 3.85. The minimum atomic E-state index is -0.188. The Labute approximate surface area is 232 Å². The normalized spacial score (nSPS) is 16.0. The number of nitrogens with zero attached hydrogens (tertiary/aromatic N) is 6. The van der Waals surface area contributed by atoms with Gasteiger partial charge in [-0.2, -0.15) is 0 Å². The molecule has 2 fully saturated rings. The highest BCUT2D eigenvalue weighted by atomic mass is 32.2. The van der Waals surface area contributed by atoms with Gasteiger partial charge in [-0.3, -0.25) is 9.59 Å². The Morgan fingerprint density at radius 1 is 0.846 bits per heavy atom. The van der Waals surface area contributed by atoms with Gasteiger partial charge in [-0.05, 0) is 36.8 Å². The van der Waals surface area contributed by atoms with E-state index in [1.54, 1.807) is 29.7 Å². The van der Waals surface area contributed by atoms with E-state index in [2.05, 4.69) is 14.8 Å². The van der Waals surface area contributed by atoms with Crippen LogP contribution in [0.2, 0.25) is 0 Å². The Hall–Kier alpha value is -3.66. The molecule has 204 valence electrons. The molecule has 2 aliphatic rings. The number of thioether (sulfide) groups is 1. The summed E-state index contributed by atoms with van der Waals surface area (Å²) in [6.07, 6.45) is 0. The minimum Gasteiger partial charge on any atom is -0.366 e. The van der Waals surface area contributed by atoms with E-state index in [4.69, 9.17) is 4.98 Å². The molecular formula is C29H33FN6O2S. The van der Waals surface area contributed by atoms with E-state index < -0.39 is 0 Å². The van der Waals surface area contributed by atoms with Crippen molar-refractivity contribution in [2.24, 2.45) is 0 Å². The van der Waals surface area contributed by atoms with E-state index in [1.165, 1.54) is 6.07 Å². The summed E-state index contributed by atoms with van der Waals surface area (Å²) in [5.74, 6) is 1.45. The zero-order chi connectivity index (χ0) is 27.4. The average molecular weight is 549 g/mol. The molecule has 5 rings (SSSR count). The number of aromatic nitrogens is 2. The fourth-order valence-corrected chi connectivity index (χ4v) is 5.79. The monoisotopic (exact) mass is 548 g/mol. The number of rotatable bonds is 6. The Morgan fingerprint density at radius 2 is 1.49 bits per heavy atom. The minimum absolute atomic E-state index is 0.000774. The topological polar surface area (TPSA) is 72.9 Å². The van der Waals surface area contributed by atoms with Gasteiger partial charge in [0.15, 0.2) is 5.16 Å². The smallest absolute Gasteiger partial charge is 0.253 e. The second-order valence-corrected chi connectivity index (χ2v) is 10.8. The molecule has 2 saturated heterocycles. The summed E-state index contributed by atoms with van der Waals surface area (Å²) in [4.78, 5) is 41.7. The quantitative estimate of drug-likeness (QED) is 0.342. The number of carbonyl (C=O) groups excluding carboxylic acids is 2. The molecule has 1 aromatic heterocycles. The molecule has 3 aromatic rings. The Kier molecular flexibility index (Phi) is 8.30. The number of anilines is 2. The van der Waals surface area contributed by atoms with Crippen molar-refractivity contribution in [3.63, 3.8) is 0 Å². The highest BCUT2D eigenvalue weighted by Gasteiger charge is 2.24. The lowest BCUT2D eigenvalue weighted by atomic mass is 10.1. The molecule has 2 amide bonds. The van der Waals surface area contributed by atoms with E-state index in [-0.39, 0.29) is 17.6 Å². The first-order chi connectivity index (χ1) is 18.9. The Morgan fingerprint density at radius 3 is 2.15 bits per heavy atom. The van der Waals surface area contributed by atoms with Crippen LogP contribution in [0.1, 0.15) is 28.5 Å². The van der Waals surface area contributed by atoms with E-state index in [0.29, 0.717) is 48.3 Å². The van der Waals surface area contributed by atoms with Gasteiger partial charge in [0.05, 0.1) is 5.69 Å². The van der Waals surface area contributed by atoms with Crippen LogP contribution >= 0.6 is 11.8 Å². The van der Waals surface area contributed by atoms with E-state index in [1.807, 2.05) is 54.3 Å². The van der Waals surface area contributed by atoms with Crippen LogP contribution in [0, 0.1) is 12.7 Å². The summed E-state index contributed by atoms with van der Waals surface area (Å²) in [6, 6.07) is 16.6. The number of aryl methyl sites for hydroxylation is 1. The molecule has 0 bridgehead atoms. The molecular weight excluding hydrogens is 515 g/mol. The fraction of sp³-hybridized carbons (Fsp3) is 0.379. The van der Waals surface area contributed by atoms with Crippen LogP contribution in [-0.4, -0.2) is 83.9 Å². The van der Waals surface area contributed by atoms with Crippen molar-refractivity contribution >= 4 is 35.1 Å². The van der Waals surface area contributed by atoms with Crippen LogP contribution in [0.15, 0.2) is 59.8 Å². The zero-order valence-corrected chi connectivity index (χ0v) is 23.2. The van der Waals surface area contributed by atoms with Gasteiger partial charge in [-0.25, -0.2) is 14.4 Å². The van der Waals surface area contributed by atoms with Gasteiger partial charge in [-0.15, -0.1) is 0 Å². The zero-order valence-electron chi connectivity index (χ0n) is 22.3. The van der Waals surface area contributed by atoms with Crippen molar-refractivity contribution in [2.75, 3.05) is 62.2 Å². The predicted molar refractivity (Wildman–Crippen MR) is 152 cm³/mol. The molecule has 2 aromatic carbocycles. The first-order valence-corrected chi connectivity index (χ1v) is 14.2. The van der Waals surface area contributed by atoms with Crippen LogP contribution in [0.3, 0.4) is 0 Å². The largest absolute Gasteiger partial charge is 0.366 e. The molecule has 8 nitrogen and oxygen atoms in total. The molecule has 3 heterocycles. The number of hydrogen-bond acceptors (Lipinski definition) is 7. The summed E-state index contributed by atoms with van der Waals surface area (Å²) >= 11 is 1.57. The average Bonchev–Trinajstić information content (AvgIpc) is 2.96. The lowest BCUT2D eigenvalue weighted by Crippen LogP contribution is -2.50. The molecule has 0 radical (unpaired) electrons. The highest BCUT2D eigenvalue weighted by molar-refractivity contribution is 7.98. The van der Waals surface area contributed by atoms with Crippen molar-refractivity contribution in [1.82, 2.24) is 19.8 Å². The molecule has 0 N–H and O–H groups in total. The summed E-state index contributed by atoms with van der Waals surface area (Å²) in [7, 11) is 0. The van der Waals surface area contributed by atoms with Gasteiger partial charge < -0.3 is 19.6 Å². The molecule has 0 unspecified atom stereocenters. The number of para-hydroxylation sites is 1. The lowest BCUT2D eigenvalue weighted by Gasteiger charge is -2.37. The maximum atomic E-state index is 14.2. The summed E-state index contributed by atoms with van der Waals surface area (Å²) in [5, 5.41) is 0.713. The van der Waals surface area contributed by atoms with Gasteiger partial charge >= 0.3 is 0 Å².